The summed E-state index contributed by atoms with van der Waals surface area (Å²) in [6, 6.07) is 90.4. The summed E-state index contributed by atoms with van der Waals surface area (Å²) < 4.78 is 17.0. The predicted octanol–water partition coefficient (Wildman–Crippen LogP) is 12.9. The van der Waals surface area contributed by atoms with E-state index in [0.29, 0.717) is 0 Å². The molecule has 0 amide bonds. The van der Waals surface area contributed by atoms with Crippen molar-refractivity contribution in [2.45, 2.75) is 0 Å². The van der Waals surface area contributed by atoms with Crippen LogP contribution in [0, 0.1) is 0 Å². The maximum Gasteiger partial charge on any atom is 0.260 e. The highest BCUT2D eigenvalue weighted by atomic mass is 16.5. The van der Waals surface area contributed by atoms with Gasteiger partial charge in [0.15, 0.2) is 0 Å². The molecule has 0 saturated carbocycles. The van der Waals surface area contributed by atoms with E-state index in [1.54, 1.807) is 0 Å². The van der Waals surface area contributed by atoms with E-state index >= 15 is 0 Å². The average molecular weight is 930 g/mol. The van der Waals surface area contributed by atoms with E-state index in [9.17, 15) is 0 Å². The highest BCUT2D eigenvalue weighted by Crippen LogP contribution is 2.49. The molecule has 5 heterocycles. The van der Waals surface area contributed by atoms with Gasteiger partial charge < -0.3 is 23.8 Å². The fourth-order valence-corrected chi connectivity index (χ4v) is 12.6. The van der Waals surface area contributed by atoms with Crippen LogP contribution in [0.25, 0.3) is 49.7 Å². The minimum absolute atomic E-state index is 0.0709. The largest absolute Gasteiger partial charge is 0.459 e. The second-order valence-electron chi connectivity index (χ2n) is 19.5. The van der Waals surface area contributed by atoms with Crippen molar-refractivity contribution in [3.8, 4) is 50.9 Å². The van der Waals surface area contributed by atoms with Gasteiger partial charge in [0.2, 0.25) is 0 Å². The lowest BCUT2D eigenvalue weighted by Gasteiger charge is -2.46. The zero-order chi connectivity index (χ0) is 47.7. The Labute approximate surface area is 423 Å². The van der Waals surface area contributed by atoms with Crippen LogP contribution in [0.15, 0.2) is 249 Å². The van der Waals surface area contributed by atoms with E-state index in [4.69, 9.17) is 9.47 Å². The van der Waals surface area contributed by atoms with E-state index in [-0.39, 0.29) is 13.4 Å². The maximum absolute atomic E-state index is 7.40. The Hall–Kier alpha value is -9.45. The molecule has 4 aliphatic heterocycles. The smallest absolute Gasteiger partial charge is 0.260 e. The monoisotopic (exact) mass is 929 g/mol. The van der Waals surface area contributed by atoms with Crippen molar-refractivity contribution in [1.29, 1.82) is 0 Å². The SMILES string of the molecule is c1ccc(-c2ccc3c(c2)c2cc(-c4ccccc4)ccc2n3-c2cc3c4c(c2)N(c2ccccc2)c2cc5c6c(c2B4c2ccccc2N3c2ccccc2)Oc2ccccc2B6c2ccccc2O5)cc1. The predicted molar refractivity (Wildman–Crippen MR) is 303 cm³/mol. The quantitative estimate of drug-likeness (QED) is 0.161. The van der Waals surface area contributed by atoms with Crippen LogP contribution in [0.2, 0.25) is 0 Å². The van der Waals surface area contributed by atoms with Gasteiger partial charge in [0, 0.05) is 56.4 Å². The van der Waals surface area contributed by atoms with Crippen LogP contribution in [-0.4, -0.2) is 18.0 Å². The summed E-state index contributed by atoms with van der Waals surface area (Å²) in [7, 11) is 0. The van der Waals surface area contributed by atoms with Crippen molar-refractivity contribution in [1.82, 2.24) is 4.57 Å². The van der Waals surface area contributed by atoms with Crippen molar-refractivity contribution >= 4 is 102 Å². The van der Waals surface area contributed by atoms with Crippen molar-refractivity contribution < 1.29 is 9.47 Å². The van der Waals surface area contributed by atoms with Gasteiger partial charge in [-0.25, -0.2) is 0 Å². The molecule has 0 atom stereocenters. The fourth-order valence-electron chi connectivity index (χ4n) is 12.6. The van der Waals surface area contributed by atoms with Gasteiger partial charge in [0.05, 0.1) is 16.7 Å². The molecule has 0 fully saturated rings. The first-order chi connectivity index (χ1) is 36.2. The highest BCUT2D eigenvalue weighted by Gasteiger charge is 2.50. The molecule has 0 aliphatic carbocycles. The van der Waals surface area contributed by atoms with Crippen molar-refractivity contribution in [3.05, 3.63) is 249 Å². The zero-order valence-corrected chi connectivity index (χ0v) is 39.5. The number of ether oxygens (including phenoxy) is 2. The first-order valence-corrected chi connectivity index (χ1v) is 25.1. The number of hydrogen-bond acceptors (Lipinski definition) is 4. The number of rotatable bonds is 5. The van der Waals surface area contributed by atoms with Gasteiger partial charge in [-0.05, 0) is 128 Å². The third-order valence-electron chi connectivity index (χ3n) is 15.7. The number of nitrogens with zero attached hydrogens (tertiary/aromatic N) is 3. The molecule has 7 heteroatoms. The van der Waals surface area contributed by atoms with Gasteiger partial charge in [-0.3, -0.25) is 0 Å². The third-order valence-corrected chi connectivity index (χ3v) is 15.7. The highest BCUT2D eigenvalue weighted by molar-refractivity contribution is 7.03. The van der Waals surface area contributed by atoms with Crippen molar-refractivity contribution in [3.63, 3.8) is 0 Å². The van der Waals surface area contributed by atoms with Gasteiger partial charge >= 0.3 is 0 Å². The Morgan fingerprint density at radius 3 is 1.33 bits per heavy atom. The summed E-state index contributed by atoms with van der Waals surface area (Å²) in [5.41, 5.74) is 21.5. The first-order valence-electron chi connectivity index (χ1n) is 25.1. The summed E-state index contributed by atoms with van der Waals surface area (Å²) in [5, 5.41) is 2.40. The maximum atomic E-state index is 7.40. The lowest BCUT2D eigenvalue weighted by Crippen LogP contribution is -2.65. The summed E-state index contributed by atoms with van der Waals surface area (Å²) >= 11 is 0. The number of hydrogen-bond donors (Lipinski definition) is 0. The van der Waals surface area contributed by atoms with Crippen molar-refractivity contribution in [2.75, 3.05) is 9.80 Å². The van der Waals surface area contributed by atoms with Crippen LogP contribution in [0.4, 0.5) is 34.1 Å². The Bertz CT molecular complexity index is 4130. The lowest BCUT2D eigenvalue weighted by atomic mass is 9.30. The standard InChI is InChI=1S/C66H41B2N3O2/c1-5-19-42(20-6-1)44-33-35-54-49(37-44)50-38-45(43-21-7-2-8-22-43)34-36-55(50)71(54)48-39-57-63-58(40-48)70(47-25-11-4-12-26-47)59-41-62-65-66(73-61-32-18-15-29-53(61)67(65)52-28-14-17-31-60(52)72-62)64(59)68(63)51-27-13-16-30-56(51)69(57)46-23-9-3-10-24-46/h1-41H. The van der Waals surface area contributed by atoms with Crippen LogP contribution in [0.5, 0.6) is 23.0 Å². The molecule has 5 nitrogen and oxygen atoms in total. The molecule has 12 aromatic rings. The van der Waals surface area contributed by atoms with Gasteiger partial charge in [-0.2, -0.15) is 0 Å². The van der Waals surface area contributed by atoms with Gasteiger partial charge in [0.25, 0.3) is 13.4 Å². The molecule has 73 heavy (non-hydrogen) atoms. The second kappa shape index (κ2) is 15.5. The molecule has 1 aromatic heterocycles. The topological polar surface area (TPSA) is 29.9 Å². The first kappa shape index (κ1) is 40.3. The van der Waals surface area contributed by atoms with E-state index in [1.165, 1.54) is 44.0 Å². The molecule has 0 unspecified atom stereocenters. The summed E-state index contributed by atoms with van der Waals surface area (Å²) in [5.74, 6) is 3.42. The molecule has 4 aliphatic rings. The van der Waals surface area contributed by atoms with E-state index < -0.39 is 0 Å². The van der Waals surface area contributed by atoms with E-state index in [1.807, 2.05) is 0 Å². The Morgan fingerprint density at radius 2 is 0.753 bits per heavy atom. The Morgan fingerprint density at radius 1 is 0.288 bits per heavy atom. The summed E-state index contributed by atoms with van der Waals surface area (Å²) in [6.07, 6.45) is 0. The molecule has 338 valence electrons. The molecule has 0 radical (unpaired) electrons. The number of fused-ring (bicyclic) bond motifs is 12. The molecule has 16 rings (SSSR count). The second-order valence-corrected chi connectivity index (χ2v) is 19.5. The number of aromatic nitrogens is 1. The summed E-state index contributed by atoms with van der Waals surface area (Å²) in [4.78, 5) is 4.96. The number of anilines is 6. The van der Waals surface area contributed by atoms with Crippen LogP contribution >= 0.6 is 0 Å². The van der Waals surface area contributed by atoms with Crippen LogP contribution in [0.3, 0.4) is 0 Å². The molecular weight excluding hydrogens is 888 g/mol. The lowest BCUT2D eigenvalue weighted by molar-refractivity contribution is 0.467. The van der Waals surface area contributed by atoms with E-state index in [2.05, 4.69) is 263 Å². The zero-order valence-electron chi connectivity index (χ0n) is 39.5. The van der Waals surface area contributed by atoms with Gasteiger partial charge in [-0.1, -0.05) is 164 Å². The summed E-state index contributed by atoms with van der Waals surface area (Å²) in [6.45, 7) is -0.271. The minimum Gasteiger partial charge on any atom is -0.459 e. The molecule has 0 saturated heterocycles. The third kappa shape index (κ3) is 5.88. The fraction of sp³-hybridized carbons (Fsp3) is 0. The van der Waals surface area contributed by atoms with Crippen LogP contribution in [0.1, 0.15) is 0 Å². The van der Waals surface area contributed by atoms with E-state index in [0.717, 1.165) is 95.7 Å². The molecular formula is C66H41B2N3O2. The van der Waals surface area contributed by atoms with Gasteiger partial charge in [0.1, 0.15) is 23.0 Å². The van der Waals surface area contributed by atoms with Gasteiger partial charge in [-0.15, -0.1) is 0 Å². The van der Waals surface area contributed by atoms with Crippen LogP contribution < -0.4 is 52.1 Å². The van der Waals surface area contributed by atoms with Crippen LogP contribution in [-0.2, 0) is 0 Å². The normalized spacial score (nSPS) is 13.3. The minimum atomic E-state index is -0.200. The molecule has 0 spiro atoms. The molecule has 11 aromatic carbocycles. The molecule has 0 N–H and O–H groups in total. The number of benzene rings is 11. The Balaban J connectivity index is 1.03. The molecule has 0 bridgehead atoms. The average Bonchev–Trinajstić information content (AvgIpc) is 3.81. The Kier molecular flexibility index (Phi) is 8.57. The number of para-hydroxylation sites is 5. The van der Waals surface area contributed by atoms with Crippen molar-refractivity contribution in [2.24, 2.45) is 0 Å².